The van der Waals surface area contributed by atoms with Crippen LogP contribution in [0.1, 0.15) is 56.7 Å². The van der Waals surface area contributed by atoms with Gasteiger partial charge in [0.05, 0.1) is 19.3 Å². The van der Waals surface area contributed by atoms with Crippen LogP contribution in [0.15, 0.2) is 30.5 Å². The van der Waals surface area contributed by atoms with E-state index < -0.39 is 0 Å². The predicted molar refractivity (Wildman–Crippen MR) is 129 cm³/mol. The van der Waals surface area contributed by atoms with Gasteiger partial charge in [0, 0.05) is 25.7 Å². The minimum Gasteiger partial charge on any atom is -0.497 e. The maximum absolute atomic E-state index is 5.39. The van der Waals surface area contributed by atoms with E-state index in [9.17, 15) is 0 Å². The van der Waals surface area contributed by atoms with E-state index in [1.54, 1.807) is 7.11 Å². The minimum atomic E-state index is 0.0256. The van der Waals surface area contributed by atoms with Gasteiger partial charge in [-0.1, -0.05) is 26.0 Å². The van der Waals surface area contributed by atoms with Crippen molar-refractivity contribution in [3.05, 3.63) is 41.6 Å². The first-order valence-electron chi connectivity index (χ1n) is 11.6. The van der Waals surface area contributed by atoms with Crippen molar-refractivity contribution in [3.63, 3.8) is 0 Å². The Labute approximate surface area is 190 Å². The number of likely N-dealkylation sites (tertiary alicyclic amines) is 1. The normalized spacial score (nSPS) is 15.4. The van der Waals surface area contributed by atoms with E-state index in [2.05, 4.69) is 54.1 Å². The van der Waals surface area contributed by atoms with Crippen LogP contribution >= 0.6 is 0 Å². The SMILES string of the molecule is COc1cccc(C(C)Nc2nc(N(C)CCN3CCCC3)nc3c(C(C)C)cnn23)c1. The highest BCUT2D eigenvalue weighted by atomic mass is 16.5. The van der Waals surface area contributed by atoms with Crippen LogP contribution in [0.4, 0.5) is 11.9 Å². The number of fused-ring (bicyclic) bond motifs is 1. The van der Waals surface area contributed by atoms with Crippen LogP contribution in [0.3, 0.4) is 0 Å². The fraction of sp³-hybridized carbons (Fsp3) is 0.542. The largest absolute Gasteiger partial charge is 0.497 e. The molecule has 1 fully saturated rings. The number of likely N-dealkylation sites (N-methyl/N-ethyl adjacent to an activating group) is 1. The molecule has 1 atom stereocenters. The molecule has 3 heterocycles. The molecule has 2 aromatic heterocycles. The third kappa shape index (κ3) is 4.80. The average Bonchev–Trinajstić information content (AvgIpc) is 3.47. The molecule has 1 aliphatic heterocycles. The molecule has 1 aromatic carbocycles. The van der Waals surface area contributed by atoms with Crippen molar-refractivity contribution in [1.82, 2.24) is 24.5 Å². The standard InChI is InChI=1S/C24H35N7O/c1-17(2)21-16-25-31-22(21)27-23(29(4)13-14-30-11-6-7-12-30)28-24(31)26-18(3)19-9-8-10-20(15-19)32-5/h8-10,15-18H,6-7,11-14H2,1-5H3,(H,26,27,28). The van der Waals surface area contributed by atoms with Gasteiger partial charge >= 0.3 is 0 Å². The van der Waals surface area contributed by atoms with Crippen molar-refractivity contribution in [2.75, 3.05) is 50.6 Å². The van der Waals surface area contributed by atoms with Gasteiger partial charge in [0.2, 0.25) is 11.9 Å². The molecule has 0 saturated carbocycles. The Bertz CT molecular complexity index is 1040. The molecule has 1 aliphatic rings. The molecule has 8 heteroatoms. The molecule has 1 saturated heterocycles. The monoisotopic (exact) mass is 437 g/mol. The molecule has 3 aromatic rings. The topological polar surface area (TPSA) is 70.8 Å². The van der Waals surface area contributed by atoms with E-state index >= 15 is 0 Å². The number of nitrogens with one attached hydrogen (secondary N) is 1. The molecule has 4 rings (SSSR count). The summed E-state index contributed by atoms with van der Waals surface area (Å²) < 4.78 is 7.22. The predicted octanol–water partition coefficient (Wildman–Crippen LogP) is 3.96. The maximum atomic E-state index is 5.39. The molecule has 32 heavy (non-hydrogen) atoms. The lowest BCUT2D eigenvalue weighted by Gasteiger charge is -2.23. The van der Waals surface area contributed by atoms with Gasteiger partial charge in [0.1, 0.15) is 5.75 Å². The zero-order chi connectivity index (χ0) is 22.7. The lowest BCUT2D eigenvalue weighted by molar-refractivity contribution is 0.346. The summed E-state index contributed by atoms with van der Waals surface area (Å²) in [4.78, 5) is 14.4. The average molecular weight is 438 g/mol. The molecule has 0 radical (unpaired) electrons. The van der Waals surface area contributed by atoms with Crippen LogP contribution in [0, 0.1) is 0 Å². The van der Waals surface area contributed by atoms with Crippen LogP contribution in [0.25, 0.3) is 5.65 Å². The Morgan fingerprint density at radius 2 is 1.94 bits per heavy atom. The fourth-order valence-electron chi connectivity index (χ4n) is 4.14. The highest BCUT2D eigenvalue weighted by Crippen LogP contribution is 2.26. The summed E-state index contributed by atoms with van der Waals surface area (Å²) in [6, 6.07) is 8.11. The van der Waals surface area contributed by atoms with Crippen molar-refractivity contribution in [1.29, 1.82) is 0 Å². The highest BCUT2D eigenvalue weighted by molar-refractivity contribution is 5.56. The second-order valence-corrected chi connectivity index (χ2v) is 8.95. The van der Waals surface area contributed by atoms with Crippen molar-refractivity contribution in [2.45, 2.75) is 45.6 Å². The van der Waals surface area contributed by atoms with Gasteiger partial charge in [-0.25, -0.2) is 0 Å². The van der Waals surface area contributed by atoms with Crippen molar-refractivity contribution in [2.24, 2.45) is 0 Å². The van der Waals surface area contributed by atoms with Crippen molar-refractivity contribution >= 4 is 17.5 Å². The number of hydrogen-bond donors (Lipinski definition) is 1. The minimum absolute atomic E-state index is 0.0256. The van der Waals surface area contributed by atoms with E-state index in [0.29, 0.717) is 11.9 Å². The second-order valence-electron chi connectivity index (χ2n) is 8.95. The first-order chi connectivity index (χ1) is 15.5. The van der Waals surface area contributed by atoms with Gasteiger partial charge in [0.15, 0.2) is 5.65 Å². The molecule has 0 aliphatic carbocycles. The third-order valence-corrected chi connectivity index (χ3v) is 6.24. The summed E-state index contributed by atoms with van der Waals surface area (Å²) in [5, 5.41) is 8.16. The maximum Gasteiger partial charge on any atom is 0.230 e. The zero-order valence-electron chi connectivity index (χ0n) is 19.9. The van der Waals surface area contributed by atoms with Gasteiger partial charge in [-0.3, -0.25) is 0 Å². The first-order valence-corrected chi connectivity index (χ1v) is 11.6. The lowest BCUT2D eigenvalue weighted by atomic mass is 10.1. The number of methoxy groups -OCH3 is 1. The number of hydrogen-bond acceptors (Lipinski definition) is 7. The van der Waals surface area contributed by atoms with Gasteiger partial charge < -0.3 is 19.9 Å². The Kier molecular flexibility index (Phi) is 6.79. The summed E-state index contributed by atoms with van der Waals surface area (Å²) in [5.74, 6) is 2.58. The molecule has 0 amide bonds. The smallest absolute Gasteiger partial charge is 0.230 e. The summed E-state index contributed by atoms with van der Waals surface area (Å²) in [7, 11) is 3.76. The number of ether oxygens (including phenoxy) is 1. The molecule has 0 bridgehead atoms. The summed E-state index contributed by atoms with van der Waals surface area (Å²) in [5.41, 5.74) is 3.10. The highest BCUT2D eigenvalue weighted by Gasteiger charge is 2.19. The van der Waals surface area contributed by atoms with E-state index in [4.69, 9.17) is 14.7 Å². The number of aromatic nitrogens is 4. The number of benzene rings is 1. The van der Waals surface area contributed by atoms with Crippen LogP contribution in [0.2, 0.25) is 0 Å². The molecule has 1 unspecified atom stereocenters. The van der Waals surface area contributed by atoms with Crippen molar-refractivity contribution in [3.8, 4) is 5.75 Å². The van der Waals surface area contributed by atoms with Gasteiger partial charge in [-0.15, -0.1) is 0 Å². The number of anilines is 2. The fourth-order valence-corrected chi connectivity index (χ4v) is 4.14. The molecule has 1 N–H and O–H groups in total. The molecular formula is C24H35N7O. The van der Waals surface area contributed by atoms with Gasteiger partial charge in [-0.2, -0.15) is 19.6 Å². The summed E-state index contributed by atoms with van der Waals surface area (Å²) in [6.45, 7) is 10.8. The van der Waals surface area contributed by atoms with Crippen LogP contribution in [-0.4, -0.2) is 64.8 Å². The zero-order valence-corrected chi connectivity index (χ0v) is 19.9. The Morgan fingerprint density at radius 1 is 1.16 bits per heavy atom. The van der Waals surface area contributed by atoms with Crippen molar-refractivity contribution < 1.29 is 4.74 Å². The first kappa shape index (κ1) is 22.3. The lowest BCUT2D eigenvalue weighted by Crippen LogP contribution is -2.32. The van der Waals surface area contributed by atoms with E-state index in [0.717, 1.165) is 41.6 Å². The number of rotatable bonds is 9. The van der Waals surface area contributed by atoms with E-state index in [1.807, 2.05) is 28.9 Å². The van der Waals surface area contributed by atoms with Gasteiger partial charge in [0.25, 0.3) is 0 Å². The van der Waals surface area contributed by atoms with Crippen LogP contribution < -0.4 is 15.0 Å². The van der Waals surface area contributed by atoms with Crippen LogP contribution in [0.5, 0.6) is 5.75 Å². The number of nitrogens with zero attached hydrogens (tertiary/aromatic N) is 6. The molecule has 172 valence electrons. The molecule has 8 nitrogen and oxygen atoms in total. The van der Waals surface area contributed by atoms with E-state index in [1.165, 1.54) is 25.9 Å². The Morgan fingerprint density at radius 3 is 2.66 bits per heavy atom. The Hall–Kier alpha value is -2.87. The van der Waals surface area contributed by atoms with Crippen LogP contribution in [-0.2, 0) is 0 Å². The third-order valence-electron chi connectivity index (χ3n) is 6.24. The van der Waals surface area contributed by atoms with Gasteiger partial charge in [-0.05, 0) is 56.5 Å². The molecular weight excluding hydrogens is 402 g/mol. The van der Waals surface area contributed by atoms with E-state index in [-0.39, 0.29) is 6.04 Å². The summed E-state index contributed by atoms with van der Waals surface area (Å²) >= 11 is 0. The Balaban J connectivity index is 1.63. The summed E-state index contributed by atoms with van der Waals surface area (Å²) in [6.07, 6.45) is 4.51. The quantitative estimate of drug-likeness (QED) is 0.543. The molecule has 0 spiro atoms. The second kappa shape index (κ2) is 9.73.